The highest BCUT2D eigenvalue weighted by atomic mass is 19.1. The van der Waals surface area contributed by atoms with E-state index in [0.717, 1.165) is 19.0 Å². The first-order chi connectivity index (χ1) is 6.79. The predicted octanol–water partition coefficient (Wildman–Crippen LogP) is 1.86. The van der Waals surface area contributed by atoms with E-state index in [1.54, 1.807) is 0 Å². The molecule has 0 amide bonds. The van der Waals surface area contributed by atoms with Crippen LogP contribution >= 0.6 is 0 Å². The Kier molecular flexibility index (Phi) is 4.13. The third kappa shape index (κ3) is 4.07. The van der Waals surface area contributed by atoms with Crippen LogP contribution in [0.15, 0.2) is 0 Å². The first kappa shape index (κ1) is 12.9. The lowest BCUT2D eigenvalue weighted by molar-refractivity contribution is 0.00606. The number of hydrogen-bond donors (Lipinski definition) is 0. The van der Waals surface area contributed by atoms with Gasteiger partial charge in [-0.25, -0.2) is 4.39 Å². The predicted molar refractivity (Wildman–Crippen MR) is 62.8 cm³/mol. The molecule has 0 spiro atoms. The summed E-state index contributed by atoms with van der Waals surface area (Å²) in [6.07, 6.45) is -0.707. The van der Waals surface area contributed by atoms with E-state index in [4.69, 9.17) is 0 Å². The zero-order valence-electron chi connectivity index (χ0n) is 10.8. The summed E-state index contributed by atoms with van der Waals surface area (Å²) in [7, 11) is 3.83. The van der Waals surface area contributed by atoms with Gasteiger partial charge in [-0.3, -0.25) is 4.90 Å². The maximum atomic E-state index is 13.5. The molecule has 0 aromatic rings. The molecule has 1 unspecified atom stereocenters. The topological polar surface area (TPSA) is 6.48 Å². The molecular weight excluding hydrogens is 191 g/mol. The van der Waals surface area contributed by atoms with E-state index >= 15 is 0 Å². The number of alkyl halides is 1. The van der Waals surface area contributed by atoms with Crippen LogP contribution in [0.4, 0.5) is 4.39 Å². The Bertz CT molecular complexity index is 192. The van der Waals surface area contributed by atoms with Gasteiger partial charge in [0.15, 0.2) is 0 Å². The third-order valence-corrected chi connectivity index (χ3v) is 3.20. The van der Waals surface area contributed by atoms with Crippen molar-refractivity contribution in [3.8, 4) is 0 Å². The average molecular weight is 216 g/mol. The Hall–Kier alpha value is -0.150. The highest BCUT2D eigenvalue weighted by Gasteiger charge is 2.36. The van der Waals surface area contributed by atoms with Gasteiger partial charge < -0.3 is 4.90 Å². The minimum absolute atomic E-state index is 0.379. The van der Waals surface area contributed by atoms with Crippen LogP contribution in [-0.2, 0) is 0 Å². The average Bonchev–Trinajstić information content (AvgIpc) is 1.91. The Morgan fingerprint density at radius 3 is 2.27 bits per heavy atom. The lowest BCUT2D eigenvalue weighted by atomic mass is 9.76. The molecule has 1 aliphatic rings. The van der Waals surface area contributed by atoms with Gasteiger partial charge in [0.1, 0.15) is 6.17 Å². The van der Waals surface area contributed by atoms with Gasteiger partial charge in [-0.15, -0.1) is 0 Å². The second-order valence-corrected chi connectivity index (χ2v) is 6.14. The summed E-state index contributed by atoms with van der Waals surface area (Å²) in [6.45, 7) is 10.1. The molecule has 1 rings (SSSR count). The lowest BCUT2D eigenvalue weighted by Crippen LogP contribution is -2.54. The van der Waals surface area contributed by atoms with Crippen molar-refractivity contribution in [2.75, 3.05) is 40.3 Å². The second kappa shape index (κ2) is 4.79. The van der Waals surface area contributed by atoms with E-state index in [2.05, 4.69) is 25.7 Å². The van der Waals surface area contributed by atoms with Crippen LogP contribution in [0.2, 0.25) is 0 Å². The molecule has 90 valence electrons. The minimum Gasteiger partial charge on any atom is -0.306 e. The Balaban J connectivity index is 2.17. The number of nitrogens with zero attached hydrogens (tertiary/aromatic N) is 2. The van der Waals surface area contributed by atoms with Crippen molar-refractivity contribution in [2.24, 2.45) is 11.3 Å². The molecule has 1 fully saturated rings. The summed E-state index contributed by atoms with van der Waals surface area (Å²) >= 11 is 0. The molecule has 0 N–H and O–H groups in total. The van der Waals surface area contributed by atoms with E-state index in [-0.39, 0.29) is 0 Å². The van der Waals surface area contributed by atoms with E-state index < -0.39 is 6.17 Å². The van der Waals surface area contributed by atoms with E-state index in [1.807, 2.05) is 19.0 Å². The Morgan fingerprint density at radius 1 is 1.33 bits per heavy atom. The molecule has 0 aromatic heterocycles. The molecule has 2 nitrogen and oxygen atoms in total. The van der Waals surface area contributed by atoms with Crippen molar-refractivity contribution in [2.45, 2.75) is 26.9 Å². The van der Waals surface area contributed by atoms with Crippen LogP contribution in [0, 0.1) is 11.3 Å². The molecule has 15 heavy (non-hydrogen) atoms. The molecule has 1 aliphatic heterocycles. The van der Waals surface area contributed by atoms with Crippen molar-refractivity contribution in [3.05, 3.63) is 0 Å². The lowest BCUT2D eigenvalue weighted by Gasteiger charge is -2.46. The van der Waals surface area contributed by atoms with Crippen molar-refractivity contribution in [3.63, 3.8) is 0 Å². The van der Waals surface area contributed by atoms with Gasteiger partial charge in [0.2, 0.25) is 0 Å². The number of likely N-dealkylation sites (tertiary alicyclic amines) is 1. The van der Waals surface area contributed by atoms with Crippen LogP contribution in [0.25, 0.3) is 0 Å². The maximum Gasteiger partial charge on any atom is 0.125 e. The van der Waals surface area contributed by atoms with Crippen molar-refractivity contribution < 1.29 is 4.39 Å². The molecule has 1 atom stereocenters. The monoisotopic (exact) mass is 216 g/mol. The Labute approximate surface area is 93.4 Å². The first-order valence-electron chi connectivity index (χ1n) is 5.80. The van der Waals surface area contributed by atoms with Crippen LogP contribution in [0.1, 0.15) is 20.8 Å². The largest absolute Gasteiger partial charge is 0.306 e. The summed E-state index contributed by atoms with van der Waals surface area (Å²) in [5, 5.41) is 0. The highest BCUT2D eigenvalue weighted by molar-refractivity contribution is 4.88. The SMILES string of the molecule is CN(C)CC(F)CN1CC(C(C)(C)C)C1. The van der Waals surface area contributed by atoms with Gasteiger partial charge in [-0.2, -0.15) is 0 Å². The molecule has 0 radical (unpaired) electrons. The second-order valence-electron chi connectivity index (χ2n) is 6.14. The number of hydrogen-bond acceptors (Lipinski definition) is 2. The van der Waals surface area contributed by atoms with Gasteiger partial charge in [-0.1, -0.05) is 20.8 Å². The normalized spacial score (nSPS) is 21.8. The maximum absolute atomic E-state index is 13.5. The van der Waals surface area contributed by atoms with Gasteiger partial charge in [0.25, 0.3) is 0 Å². The van der Waals surface area contributed by atoms with Crippen molar-refractivity contribution >= 4 is 0 Å². The summed E-state index contributed by atoms with van der Waals surface area (Å²) in [6, 6.07) is 0. The summed E-state index contributed by atoms with van der Waals surface area (Å²) < 4.78 is 13.5. The summed E-state index contributed by atoms with van der Waals surface area (Å²) in [4.78, 5) is 4.13. The Morgan fingerprint density at radius 2 is 1.87 bits per heavy atom. The fraction of sp³-hybridized carbons (Fsp3) is 1.00. The molecule has 0 saturated carbocycles. The molecule has 0 aliphatic carbocycles. The van der Waals surface area contributed by atoms with Gasteiger partial charge in [0.05, 0.1) is 0 Å². The first-order valence-corrected chi connectivity index (χ1v) is 5.80. The number of halogens is 1. The minimum atomic E-state index is -0.707. The van der Waals surface area contributed by atoms with E-state index in [1.165, 1.54) is 0 Å². The molecule has 0 aromatic carbocycles. The van der Waals surface area contributed by atoms with Crippen LogP contribution in [-0.4, -0.2) is 56.2 Å². The zero-order valence-corrected chi connectivity index (χ0v) is 10.8. The van der Waals surface area contributed by atoms with Crippen LogP contribution in [0.3, 0.4) is 0 Å². The molecular formula is C12H25FN2. The number of rotatable bonds is 4. The fourth-order valence-corrected chi connectivity index (χ4v) is 2.00. The van der Waals surface area contributed by atoms with Crippen LogP contribution in [0.5, 0.6) is 0 Å². The van der Waals surface area contributed by atoms with Gasteiger partial charge in [-0.05, 0) is 25.4 Å². The van der Waals surface area contributed by atoms with Gasteiger partial charge >= 0.3 is 0 Å². The fourth-order valence-electron chi connectivity index (χ4n) is 2.00. The zero-order chi connectivity index (χ0) is 11.6. The van der Waals surface area contributed by atoms with Crippen molar-refractivity contribution in [1.82, 2.24) is 9.80 Å². The molecule has 0 bridgehead atoms. The standard InChI is InChI=1S/C12H25FN2/c1-12(2,3)10-6-15(7-10)9-11(13)8-14(4)5/h10-11H,6-9H2,1-5H3. The van der Waals surface area contributed by atoms with Gasteiger partial charge in [0, 0.05) is 26.2 Å². The molecule has 1 heterocycles. The van der Waals surface area contributed by atoms with E-state index in [9.17, 15) is 4.39 Å². The third-order valence-electron chi connectivity index (χ3n) is 3.20. The summed E-state index contributed by atoms with van der Waals surface area (Å²) in [5.41, 5.74) is 0.379. The molecule has 3 heteroatoms. The van der Waals surface area contributed by atoms with Crippen molar-refractivity contribution in [1.29, 1.82) is 0 Å². The smallest absolute Gasteiger partial charge is 0.125 e. The highest BCUT2D eigenvalue weighted by Crippen LogP contribution is 2.33. The van der Waals surface area contributed by atoms with E-state index in [0.29, 0.717) is 18.5 Å². The quantitative estimate of drug-likeness (QED) is 0.708. The molecule has 1 saturated heterocycles. The summed E-state index contributed by atoms with van der Waals surface area (Å²) in [5.74, 6) is 0.740. The van der Waals surface area contributed by atoms with Crippen LogP contribution < -0.4 is 0 Å².